The Morgan fingerprint density at radius 1 is 1.38 bits per heavy atom. The maximum atomic E-state index is 12.0. The number of hydrogen-bond donors (Lipinski definition) is 2. The van der Waals surface area contributed by atoms with Crippen molar-refractivity contribution in [2.45, 2.75) is 26.7 Å². The molecule has 5 nitrogen and oxygen atoms in total. The van der Waals surface area contributed by atoms with Crippen LogP contribution in [0.1, 0.15) is 34.5 Å². The Bertz CT molecular complexity index is 597. The molecule has 0 saturated carbocycles. The number of pyridine rings is 1. The number of amides is 1. The molecular formula is C15H20N4OS. The van der Waals surface area contributed by atoms with Gasteiger partial charge in [0.2, 0.25) is 0 Å². The van der Waals surface area contributed by atoms with Gasteiger partial charge >= 0.3 is 0 Å². The summed E-state index contributed by atoms with van der Waals surface area (Å²) < 4.78 is 0. The molecule has 0 aliphatic carbocycles. The van der Waals surface area contributed by atoms with Gasteiger partial charge in [0.25, 0.3) is 5.91 Å². The number of nitrogens with one attached hydrogen (secondary N) is 2. The van der Waals surface area contributed by atoms with Crippen LogP contribution in [0.5, 0.6) is 0 Å². The number of hydrogen-bond acceptors (Lipinski definition) is 5. The summed E-state index contributed by atoms with van der Waals surface area (Å²) in [6.07, 6.45) is 3.43. The van der Waals surface area contributed by atoms with Gasteiger partial charge in [-0.05, 0) is 25.5 Å². The third-order valence-electron chi connectivity index (χ3n) is 2.90. The van der Waals surface area contributed by atoms with Crippen molar-refractivity contribution in [1.82, 2.24) is 15.3 Å². The lowest BCUT2D eigenvalue weighted by Gasteiger charge is -2.07. The fourth-order valence-electron chi connectivity index (χ4n) is 1.85. The van der Waals surface area contributed by atoms with E-state index in [1.807, 2.05) is 18.4 Å². The summed E-state index contributed by atoms with van der Waals surface area (Å²) in [7, 11) is 0. The number of aryl methyl sites for hydroxylation is 1. The van der Waals surface area contributed by atoms with Crippen LogP contribution in [0, 0.1) is 6.92 Å². The zero-order chi connectivity index (χ0) is 15.1. The fourth-order valence-corrected chi connectivity index (χ4v) is 2.50. The van der Waals surface area contributed by atoms with Crippen LogP contribution < -0.4 is 10.6 Å². The van der Waals surface area contributed by atoms with Gasteiger partial charge in [0.15, 0.2) is 0 Å². The molecule has 0 aromatic carbocycles. The first-order valence-electron chi connectivity index (χ1n) is 7.08. The Labute approximate surface area is 128 Å². The molecule has 1 amide bonds. The maximum Gasteiger partial charge on any atom is 0.269 e. The number of aromatic nitrogens is 2. The van der Waals surface area contributed by atoms with Crippen molar-refractivity contribution in [1.29, 1.82) is 0 Å². The quantitative estimate of drug-likeness (QED) is 0.825. The molecule has 0 aliphatic heterocycles. The SMILES string of the molecule is CCCNc1ccnc(C(=O)NCCc2csc(C)n2)c1. The predicted octanol–water partition coefficient (Wildman–Crippen LogP) is 2.64. The number of nitrogens with zero attached hydrogens (tertiary/aromatic N) is 2. The van der Waals surface area contributed by atoms with Gasteiger partial charge in [-0.15, -0.1) is 11.3 Å². The normalized spacial score (nSPS) is 10.4. The Morgan fingerprint density at radius 2 is 2.24 bits per heavy atom. The largest absolute Gasteiger partial charge is 0.385 e. The van der Waals surface area contributed by atoms with Crippen LogP contribution in [0.2, 0.25) is 0 Å². The highest BCUT2D eigenvalue weighted by molar-refractivity contribution is 7.09. The van der Waals surface area contributed by atoms with Crippen molar-refractivity contribution in [3.63, 3.8) is 0 Å². The molecular weight excluding hydrogens is 284 g/mol. The van der Waals surface area contributed by atoms with Crippen LogP contribution in [0.25, 0.3) is 0 Å². The highest BCUT2D eigenvalue weighted by atomic mass is 32.1. The second-order valence-corrected chi connectivity index (χ2v) is 5.78. The van der Waals surface area contributed by atoms with Gasteiger partial charge in [0.1, 0.15) is 5.69 Å². The number of thiazole rings is 1. The first-order valence-corrected chi connectivity index (χ1v) is 7.96. The van der Waals surface area contributed by atoms with Crippen LogP contribution in [0.15, 0.2) is 23.7 Å². The number of carbonyl (C=O) groups excluding carboxylic acids is 1. The predicted molar refractivity (Wildman–Crippen MR) is 85.9 cm³/mol. The van der Waals surface area contributed by atoms with Crippen molar-refractivity contribution in [2.24, 2.45) is 0 Å². The lowest BCUT2D eigenvalue weighted by atomic mass is 10.3. The van der Waals surface area contributed by atoms with Crippen molar-refractivity contribution in [3.8, 4) is 0 Å². The van der Waals surface area contributed by atoms with E-state index in [4.69, 9.17) is 0 Å². The zero-order valence-corrected chi connectivity index (χ0v) is 13.2. The molecule has 6 heteroatoms. The van der Waals surface area contributed by atoms with Crippen molar-refractivity contribution in [3.05, 3.63) is 40.1 Å². The molecule has 2 heterocycles. The summed E-state index contributed by atoms with van der Waals surface area (Å²) in [5.74, 6) is -0.151. The summed E-state index contributed by atoms with van der Waals surface area (Å²) in [4.78, 5) is 20.5. The first kappa shape index (κ1) is 15.4. The Balaban J connectivity index is 1.85. The van der Waals surface area contributed by atoms with Crippen LogP contribution in [0.4, 0.5) is 5.69 Å². The van der Waals surface area contributed by atoms with Gasteiger partial charge in [-0.25, -0.2) is 4.98 Å². The average molecular weight is 304 g/mol. The van der Waals surface area contributed by atoms with E-state index in [0.29, 0.717) is 12.2 Å². The minimum Gasteiger partial charge on any atom is -0.385 e. The van der Waals surface area contributed by atoms with Crippen LogP contribution >= 0.6 is 11.3 Å². The molecule has 0 aliphatic rings. The van der Waals surface area contributed by atoms with Crippen molar-refractivity contribution >= 4 is 22.9 Å². The molecule has 112 valence electrons. The summed E-state index contributed by atoms with van der Waals surface area (Å²) >= 11 is 1.62. The molecule has 21 heavy (non-hydrogen) atoms. The highest BCUT2D eigenvalue weighted by Gasteiger charge is 2.07. The third kappa shape index (κ3) is 4.82. The summed E-state index contributed by atoms with van der Waals surface area (Å²) in [6.45, 7) is 5.53. The molecule has 2 N–H and O–H groups in total. The van der Waals surface area contributed by atoms with E-state index in [0.717, 1.165) is 35.8 Å². The van der Waals surface area contributed by atoms with Gasteiger partial charge in [-0.1, -0.05) is 6.92 Å². The van der Waals surface area contributed by atoms with Crippen LogP contribution in [0.3, 0.4) is 0 Å². The van der Waals surface area contributed by atoms with E-state index in [1.165, 1.54) is 0 Å². The third-order valence-corrected chi connectivity index (χ3v) is 3.73. The minimum absolute atomic E-state index is 0.151. The van der Waals surface area contributed by atoms with Crippen molar-refractivity contribution in [2.75, 3.05) is 18.4 Å². The minimum atomic E-state index is -0.151. The number of rotatable bonds is 7. The molecule has 0 radical (unpaired) electrons. The van der Waals surface area contributed by atoms with Crippen LogP contribution in [-0.4, -0.2) is 29.0 Å². The van der Waals surface area contributed by atoms with Gasteiger partial charge in [-0.2, -0.15) is 0 Å². The molecule has 0 atom stereocenters. The molecule has 0 spiro atoms. The van der Waals surface area contributed by atoms with E-state index in [1.54, 1.807) is 23.6 Å². The second kappa shape index (κ2) is 7.73. The maximum absolute atomic E-state index is 12.0. The second-order valence-electron chi connectivity index (χ2n) is 4.72. The topological polar surface area (TPSA) is 66.9 Å². The van der Waals surface area contributed by atoms with E-state index >= 15 is 0 Å². The van der Waals surface area contributed by atoms with Crippen LogP contribution in [-0.2, 0) is 6.42 Å². The van der Waals surface area contributed by atoms with E-state index in [2.05, 4.69) is 27.5 Å². The van der Waals surface area contributed by atoms with Gasteiger partial charge in [0, 0.05) is 36.8 Å². The molecule has 0 fully saturated rings. The summed E-state index contributed by atoms with van der Waals surface area (Å²) in [5.41, 5.74) is 2.38. The lowest BCUT2D eigenvalue weighted by Crippen LogP contribution is -2.26. The summed E-state index contributed by atoms with van der Waals surface area (Å²) in [5, 5.41) is 9.19. The molecule has 0 bridgehead atoms. The van der Waals surface area contributed by atoms with E-state index in [9.17, 15) is 4.79 Å². The smallest absolute Gasteiger partial charge is 0.269 e. The fraction of sp³-hybridized carbons (Fsp3) is 0.400. The number of carbonyl (C=O) groups is 1. The average Bonchev–Trinajstić information content (AvgIpc) is 2.91. The van der Waals surface area contributed by atoms with E-state index < -0.39 is 0 Å². The van der Waals surface area contributed by atoms with Crippen molar-refractivity contribution < 1.29 is 4.79 Å². The highest BCUT2D eigenvalue weighted by Crippen LogP contribution is 2.09. The van der Waals surface area contributed by atoms with Gasteiger partial charge in [0.05, 0.1) is 10.7 Å². The summed E-state index contributed by atoms with van der Waals surface area (Å²) in [6, 6.07) is 3.64. The Morgan fingerprint density at radius 3 is 2.95 bits per heavy atom. The molecule has 0 saturated heterocycles. The number of anilines is 1. The molecule has 2 aromatic rings. The Kier molecular flexibility index (Phi) is 5.68. The molecule has 2 rings (SSSR count). The monoisotopic (exact) mass is 304 g/mol. The first-order chi connectivity index (χ1) is 10.2. The Hall–Kier alpha value is -1.95. The van der Waals surface area contributed by atoms with E-state index in [-0.39, 0.29) is 5.91 Å². The molecule has 0 unspecified atom stereocenters. The standard InChI is InChI=1S/C15H20N4OS/c1-3-6-16-12-4-7-17-14(9-12)15(20)18-8-5-13-10-21-11(2)19-13/h4,7,9-10H,3,5-6,8H2,1-2H3,(H,16,17)(H,18,20). The zero-order valence-electron chi connectivity index (χ0n) is 12.3. The van der Waals surface area contributed by atoms with Gasteiger partial charge < -0.3 is 10.6 Å². The lowest BCUT2D eigenvalue weighted by molar-refractivity contribution is 0.0949. The molecule has 2 aromatic heterocycles. The van der Waals surface area contributed by atoms with Gasteiger partial charge in [-0.3, -0.25) is 9.78 Å².